The van der Waals surface area contributed by atoms with Crippen molar-refractivity contribution >= 4 is 11.6 Å². The third-order valence-corrected chi connectivity index (χ3v) is 2.93. The van der Waals surface area contributed by atoms with Gasteiger partial charge in [-0.2, -0.15) is 5.26 Å². The van der Waals surface area contributed by atoms with Crippen LogP contribution >= 0.6 is 0 Å². The van der Waals surface area contributed by atoms with Crippen molar-refractivity contribution in [3.8, 4) is 11.8 Å². The Bertz CT molecular complexity index is 764. The standard InChI is InChI=1S/C17H14FN3O2/c18-14-6-4-12(5-7-14)10-20-11-13(9-19)17(23)21-15-2-1-3-16(22)8-15/h1-8,11,20,22H,10H2,(H,21,23)/b13-11-. The molecule has 3 N–H and O–H groups in total. The monoisotopic (exact) mass is 311 g/mol. The molecule has 5 nitrogen and oxygen atoms in total. The van der Waals surface area contributed by atoms with E-state index in [2.05, 4.69) is 10.6 Å². The summed E-state index contributed by atoms with van der Waals surface area (Å²) in [6, 6.07) is 13.7. The summed E-state index contributed by atoms with van der Waals surface area (Å²) in [5.41, 5.74) is 1.08. The van der Waals surface area contributed by atoms with Crippen molar-refractivity contribution in [1.82, 2.24) is 5.32 Å². The molecule has 0 atom stereocenters. The van der Waals surface area contributed by atoms with Crippen molar-refractivity contribution < 1.29 is 14.3 Å². The van der Waals surface area contributed by atoms with Gasteiger partial charge in [0, 0.05) is 24.5 Å². The van der Waals surface area contributed by atoms with Crippen LogP contribution in [0.15, 0.2) is 60.3 Å². The van der Waals surface area contributed by atoms with Crippen LogP contribution in [0.3, 0.4) is 0 Å². The third-order valence-electron chi connectivity index (χ3n) is 2.93. The average Bonchev–Trinajstić information content (AvgIpc) is 2.53. The molecular formula is C17H14FN3O2. The molecule has 0 saturated heterocycles. The molecule has 0 saturated carbocycles. The van der Waals surface area contributed by atoms with Crippen LogP contribution in [-0.4, -0.2) is 11.0 Å². The number of carbonyl (C=O) groups excluding carboxylic acids is 1. The molecule has 23 heavy (non-hydrogen) atoms. The van der Waals surface area contributed by atoms with E-state index < -0.39 is 5.91 Å². The maximum Gasteiger partial charge on any atom is 0.267 e. The first-order valence-corrected chi connectivity index (χ1v) is 6.77. The number of nitrogens with zero attached hydrogens (tertiary/aromatic N) is 1. The van der Waals surface area contributed by atoms with Crippen molar-refractivity contribution in [2.24, 2.45) is 0 Å². The number of phenols is 1. The summed E-state index contributed by atoms with van der Waals surface area (Å²) < 4.78 is 12.8. The maximum absolute atomic E-state index is 12.8. The van der Waals surface area contributed by atoms with E-state index in [1.54, 1.807) is 30.3 Å². The number of rotatable bonds is 5. The molecule has 0 aliphatic rings. The molecule has 0 unspecified atom stereocenters. The van der Waals surface area contributed by atoms with Gasteiger partial charge in [-0.3, -0.25) is 4.79 Å². The Morgan fingerprint density at radius 1 is 1.26 bits per heavy atom. The fraction of sp³-hybridized carbons (Fsp3) is 0.0588. The van der Waals surface area contributed by atoms with Gasteiger partial charge in [0.2, 0.25) is 0 Å². The zero-order chi connectivity index (χ0) is 16.7. The second-order valence-electron chi connectivity index (χ2n) is 4.68. The number of hydrogen-bond donors (Lipinski definition) is 3. The second kappa shape index (κ2) is 7.61. The highest BCUT2D eigenvalue weighted by Gasteiger charge is 2.09. The van der Waals surface area contributed by atoms with Crippen LogP contribution in [0.2, 0.25) is 0 Å². The number of nitrogens with one attached hydrogen (secondary N) is 2. The number of hydrogen-bond acceptors (Lipinski definition) is 4. The number of halogens is 1. The van der Waals surface area contributed by atoms with E-state index in [4.69, 9.17) is 5.26 Å². The minimum absolute atomic E-state index is 0.0136. The van der Waals surface area contributed by atoms with Gasteiger partial charge >= 0.3 is 0 Å². The number of nitriles is 1. The van der Waals surface area contributed by atoms with Crippen LogP contribution in [0, 0.1) is 17.1 Å². The number of benzene rings is 2. The van der Waals surface area contributed by atoms with Crippen molar-refractivity contribution in [3.63, 3.8) is 0 Å². The molecule has 0 aromatic heterocycles. The van der Waals surface area contributed by atoms with Crippen molar-refractivity contribution in [2.45, 2.75) is 6.54 Å². The minimum atomic E-state index is -0.593. The van der Waals surface area contributed by atoms with Gasteiger partial charge in [0.05, 0.1) is 0 Å². The topological polar surface area (TPSA) is 85.2 Å². The minimum Gasteiger partial charge on any atom is -0.508 e. The van der Waals surface area contributed by atoms with Gasteiger partial charge in [-0.1, -0.05) is 18.2 Å². The van der Waals surface area contributed by atoms with Crippen LogP contribution in [-0.2, 0) is 11.3 Å². The number of anilines is 1. The average molecular weight is 311 g/mol. The van der Waals surface area contributed by atoms with Crippen LogP contribution in [0.4, 0.5) is 10.1 Å². The van der Waals surface area contributed by atoms with Gasteiger partial charge in [-0.15, -0.1) is 0 Å². The van der Waals surface area contributed by atoms with Crippen LogP contribution in [0.1, 0.15) is 5.56 Å². The quantitative estimate of drug-likeness (QED) is 0.585. The number of amides is 1. The van der Waals surface area contributed by atoms with Crippen LogP contribution < -0.4 is 10.6 Å². The predicted octanol–water partition coefficient (Wildman–Crippen LogP) is 2.67. The van der Waals surface area contributed by atoms with Gasteiger partial charge in [0.15, 0.2) is 0 Å². The highest BCUT2D eigenvalue weighted by Crippen LogP contribution is 2.15. The van der Waals surface area contributed by atoms with Crippen molar-refractivity contribution in [2.75, 3.05) is 5.32 Å². The number of carbonyl (C=O) groups is 1. The molecule has 0 aliphatic carbocycles. The lowest BCUT2D eigenvalue weighted by molar-refractivity contribution is -0.112. The summed E-state index contributed by atoms with van der Waals surface area (Å²) >= 11 is 0. The van der Waals surface area contributed by atoms with E-state index >= 15 is 0 Å². The zero-order valence-corrected chi connectivity index (χ0v) is 12.1. The summed E-state index contributed by atoms with van der Waals surface area (Å²) in [5.74, 6) is -0.906. The molecule has 0 aliphatic heterocycles. The lowest BCUT2D eigenvalue weighted by Crippen LogP contribution is -2.16. The highest BCUT2D eigenvalue weighted by molar-refractivity contribution is 6.06. The fourth-order valence-corrected chi connectivity index (χ4v) is 1.80. The molecule has 0 heterocycles. The predicted molar refractivity (Wildman–Crippen MR) is 83.7 cm³/mol. The lowest BCUT2D eigenvalue weighted by Gasteiger charge is -2.05. The van der Waals surface area contributed by atoms with Crippen molar-refractivity contribution in [1.29, 1.82) is 5.26 Å². The first kappa shape index (κ1) is 16.0. The van der Waals surface area contributed by atoms with Gasteiger partial charge in [0.25, 0.3) is 5.91 Å². The maximum atomic E-state index is 12.8. The van der Waals surface area contributed by atoms with Crippen LogP contribution in [0.25, 0.3) is 0 Å². The van der Waals surface area contributed by atoms with Gasteiger partial charge in [-0.05, 0) is 29.8 Å². The summed E-state index contributed by atoms with van der Waals surface area (Å²) in [6.45, 7) is 0.352. The Morgan fingerprint density at radius 3 is 2.65 bits per heavy atom. The Labute approximate surface area is 132 Å². The molecule has 0 radical (unpaired) electrons. The molecule has 0 fully saturated rings. The largest absolute Gasteiger partial charge is 0.508 e. The normalized spacial score (nSPS) is 10.7. The number of aromatic hydroxyl groups is 1. The van der Waals surface area contributed by atoms with E-state index in [9.17, 15) is 14.3 Å². The Balaban J connectivity index is 1.96. The van der Waals surface area contributed by atoms with Crippen molar-refractivity contribution in [3.05, 3.63) is 71.7 Å². The summed E-state index contributed by atoms with van der Waals surface area (Å²) in [7, 11) is 0. The molecule has 2 rings (SSSR count). The molecular weight excluding hydrogens is 297 g/mol. The molecule has 116 valence electrons. The first-order chi connectivity index (χ1) is 11.1. The first-order valence-electron chi connectivity index (χ1n) is 6.77. The van der Waals surface area contributed by atoms with Gasteiger partial charge in [-0.25, -0.2) is 4.39 Å². The summed E-state index contributed by atoms with van der Waals surface area (Å²) in [6.07, 6.45) is 1.29. The fourth-order valence-electron chi connectivity index (χ4n) is 1.80. The lowest BCUT2D eigenvalue weighted by atomic mass is 10.2. The molecule has 6 heteroatoms. The second-order valence-corrected chi connectivity index (χ2v) is 4.68. The number of phenolic OH excluding ortho intramolecular Hbond substituents is 1. The highest BCUT2D eigenvalue weighted by atomic mass is 19.1. The third kappa shape index (κ3) is 4.86. The van der Waals surface area contributed by atoms with Gasteiger partial charge < -0.3 is 15.7 Å². The Hall–Kier alpha value is -3.33. The molecule has 0 spiro atoms. The zero-order valence-electron chi connectivity index (χ0n) is 12.1. The van der Waals surface area contributed by atoms with E-state index in [1.807, 2.05) is 0 Å². The van der Waals surface area contributed by atoms with E-state index in [0.29, 0.717) is 12.2 Å². The van der Waals surface area contributed by atoms with E-state index in [0.717, 1.165) is 5.56 Å². The van der Waals surface area contributed by atoms with Crippen LogP contribution in [0.5, 0.6) is 5.75 Å². The van der Waals surface area contributed by atoms with Gasteiger partial charge in [0.1, 0.15) is 23.2 Å². The van der Waals surface area contributed by atoms with E-state index in [-0.39, 0.29) is 17.1 Å². The molecule has 0 bridgehead atoms. The summed E-state index contributed by atoms with van der Waals surface area (Å²) in [4.78, 5) is 12.0. The molecule has 2 aromatic carbocycles. The Morgan fingerprint density at radius 2 is 2.00 bits per heavy atom. The van der Waals surface area contributed by atoms with E-state index in [1.165, 1.54) is 30.5 Å². The SMILES string of the molecule is N#C/C(=C/NCc1ccc(F)cc1)C(=O)Nc1cccc(O)c1. The summed E-state index contributed by atoms with van der Waals surface area (Å²) in [5, 5.41) is 23.7. The smallest absolute Gasteiger partial charge is 0.267 e. The molecule has 2 aromatic rings. The molecule has 1 amide bonds. The Kier molecular flexibility index (Phi) is 5.31.